The van der Waals surface area contributed by atoms with Crippen LogP contribution in [0.4, 0.5) is 0 Å². The van der Waals surface area contributed by atoms with Crippen molar-refractivity contribution in [3.63, 3.8) is 0 Å². The normalized spacial score (nSPS) is 34.5. The second kappa shape index (κ2) is 3.86. The summed E-state index contributed by atoms with van der Waals surface area (Å²) in [5.74, 6) is 0.660. The monoisotopic (exact) mass is 295 g/mol. The van der Waals surface area contributed by atoms with Gasteiger partial charge in [-0.05, 0) is 64.7 Å². The van der Waals surface area contributed by atoms with Crippen molar-refractivity contribution in [1.82, 2.24) is 0 Å². The number of aliphatic hydroxyl groups excluding tert-OH is 1. The summed E-state index contributed by atoms with van der Waals surface area (Å²) in [5.41, 5.74) is 17.5. The van der Waals surface area contributed by atoms with Crippen LogP contribution in [0.2, 0.25) is 0 Å². The van der Waals surface area contributed by atoms with E-state index in [4.69, 9.17) is 5.73 Å². The zero-order valence-electron chi connectivity index (χ0n) is 14.2. The lowest BCUT2D eigenvalue weighted by molar-refractivity contribution is 0.242. The highest BCUT2D eigenvalue weighted by Gasteiger charge is 2.62. The molecule has 0 aromatic heterocycles. The molecule has 0 amide bonds. The van der Waals surface area contributed by atoms with E-state index in [1.165, 1.54) is 44.6 Å². The van der Waals surface area contributed by atoms with Gasteiger partial charge in [0.15, 0.2) is 0 Å². The van der Waals surface area contributed by atoms with Crippen molar-refractivity contribution < 1.29 is 5.11 Å². The van der Waals surface area contributed by atoms with Gasteiger partial charge in [-0.3, -0.25) is 0 Å². The highest BCUT2D eigenvalue weighted by Crippen LogP contribution is 2.71. The molecule has 0 bridgehead atoms. The average molecular weight is 295 g/mol. The first kappa shape index (κ1) is 14.1. The van der Waals surface area contributed by atoms with Crippen LogP contribution >= 0.6 is 0 Å². The molecule has 0 saturated heterocycles. The molecular formula is C20H25NO. The van der Waals surface area contributed by atoms with Crippen LogP contribution in [0.1, 0.15) is 41.0 Å². The van der Waals surface area contributed by atoms with Gasteiger partial charge in [-0.15, -0.1) is 0 Å². The van der Waals surface area contributed by atoms with Gasteiger partial charge in [-0.2, -0.15) is 0 Å². The van der Waals surface area contributed by atoms with Crippen molar-refractivity contribution in [3.8, 4) is 0 Å². The first-order valence-corrected chi connectivity index (χ1v) is 8.27. The minimum absolute atomic E-state index is 0.00935. The minimum atomic E-state index is -0.381. The summed E-state index contributed by atoms with van der Waals surface area (Å²) in [4.78, 5) is 0. The first-order valence-electron chi connectivity index (χ1n) is 8.27. The maximum atomic E-state index is 10.9. The van der Waals surface area contributed by atoms with Gasteiger partial charge in [0.1, 0.15) is 0 Å². The molecule has 116 valence electrons. The quantitative estimate of drug-likeness (QED) is 0.762. The predicted molar refractivity (Wildman–Crippen MR) is 89.8 cm³/mol. The molecule has 0 radical (unpaired) electrons. The van der Waals surface area contributed by atoms with Crippen LogP contribution in [0.25, 0.3) is 0 Å². The molecule has 2 heteroatoms. The highest BCUT2D eigenvalue weighted by molar-refractivity contribution is 5.77. The molecule has 2 nitrogen and oxygen atoms in total. The van der Waals surface area contributed by atoms with Gasteiger partial charge in [-0.1, -0.05) is 32.9 Å². The van der Waals surface area contributed by atoms with E-state index in [-0.39, 0.29) is 11.5 Å². The standard InChI is InChI=1S/C20H25NO/c1-7-11-17-16-14(19(11)22)9(3)12-8(2)13(10(4)21)18(15(12)16)20(17,5)6/h16,18-19,22H,4,7,21H2,1-3,5-6H3/t16-,18?,19+/m0/s1. The summed E-state index contributed by atoms with van der Waals surface area (Å²) in [6.07, 6.45) is 0.539. The number of hydrogen-bond donors (Lipinski definition) is 2. The maximum absolute atomic E-state index is 10.9. The van der Waals surface area contributed by atoms with E-state index >= 15 is 0 Å². The Labute approximate surface area is 132 Å². The maximum Gasteiger partial charge on any atom is 0.0978 e. The predicted octanol–water partition coefficient (Wildman–Crippen LogP) is 3.77. The molecule has 3 atom stereocenters. The Bertz CT molecular complexity index is 770. The van der Waals surface area contributed by atoms with Gasteiger partial charge in [0.2, 0.25) is 0 Å². The second-order valence-corrected chi connectivity index (χ2v) is 7.76. The fourth-order valence-corrected chi connectivity index (χ4v) is 5.90. The highest BCUT2D eigenvalue weighted by atomic mass is 16.3. The third-order valence-electron chi connectivity index (χ3n) is 6.50. The Balaban J connectivity index is 2.09. The van der Waals surface area contributed by atoms with Gasteiger partial charge in [-0.25, -0.2) is 0 Å². The molecule has 0 heterocycles. The lowest BCUT2D eigenvalue weighted by atomic mass is 9.73. The number of hydrogen-bond acceptors (Lipinski definition) is 2. The van der Waals surface area contributed by atoms with Crippen LogP contribution in [0.15, 0.2) is 56.9 Å². The topological polar surface area (TPSA) is 46.2 Å². The molecule has 0 aromatic rings. The van der Waals surface area contributed by atoms with Crippen LogP contribution in [0, 0.1) is 17.3 Å². The minimum Gasteiger partial charge on any atom is -0.399 e. The summed E-state index contributed by atoms with van der Waals surface area (Å²) in [5, 5.41) is 10.9. The summed E-state index contributed by atoms with van der Waals surface area (Å²) < 4.78 is 0. The fourth-order valence-electron chi connectivity index (χ4n) is 5.90. The molecule has 1 unspecified atom stereocenters. The Hall–Kier alpha value is -1.54. The zero-order valence-corrected chi connectivity index (χ0v) is 14.2. The van der Waals surface area contributed by atoms with Crippen molar-refractivity contribution >= 4 is 0 Å². The first-order chi connectivity index (χ1) is 10.2. The summed E-state index contributed by atoms with van der Waals surface area (Å²) in [6, 6.07) is 0. The number of aliphatic hydroxyl groups is 1. The van der Waals surface area contributed by atoms with Crippen molar-refractivity contribution in [2.75, 3.05) is 0 Å². The Morgan fingerprint density at radius 1 is 1.23 bits per heavy atom. The van der Waals surface area contributed by atoms with Crippen molar-refractivity contribution in [1.29, 1.82) is 0 Å². The fraction of sp³-hybridized carbons (Fsp3) is 0.500. The van der Waals surface area contributed by atoms with Gasteiger partial charge in [0, 0.05) is 17.5 Å². The molecule has 3 N–H and O–H groups in total. The largest absolute Gasteiger partial charge is 0.399 e. The van der Waals surface area contributed by atoms with E-state index in [1.54, 1.807) is 0 Å². The molecule has 1 saturated carbocycles. The lowest BCUT2D eigenvalue weighted by Gasteiger charge is -2.31. The second-order valence-electron chi connectivity index (χ2n) is 7.76. The van der Waals surface area contributed by atoms with Crippen molar-refractivity contribution in [2.24, 2.45) is 23.0 Å². The Kier molecular flexibility index (Phi) is 2.47. The van der Waals surface area contributed by atoms with Gasteiger partial charge in [0.05, 0.1) is 6.10 Å². The van der Waals surface area contributed by atoms with Crippen molar-refractivity contribution in [2.45, 2.75) is 47.1 Å². The third kappa shape index (κ3) is 1.20. The van der Waals surface area contributed by atoms with Gasteiger partial charge >= 0.3 is 0 Å². The Morgan fingerprint density at radius 3 is 2.41 bits per heavy atom. The zero-order chi connectivity index (χ0) is 16.1. The molecular weight excluding hydrogens is 270 g/mol. The van der Waals surface area contributed by atoms with E-state index in [0.29, 0.717) is 17.5 Å². The molecule has 0 spiro atoms. The van der Waals surface area contributed by atoms with Crippen molar-refractivity contribution in [3.05, 3.63) is 56.9 Å². The third-order valence-corrected chi connectivity index (χ3v) is 6.50. The van der Waals surface area contributed by atoms with Crippen LogP contribution in [-0.4, -0.2) is 11.2 Å². The van der Waals surface area contributed by atoms with Crippen LogP contribution in [0.3, 0.4) is 0 Å². The number of rotatable bonds is 2. The molecule has 22 heavy (non-hydrogen) atoms. The number of nitrogens with two attached hydrogens (primary N) is 1. The smallest absolute Gasteiger partial charge is 0.0978 e. The molecule has 0 aromatic carbocycles. The summed E-state index contributed by atoms with van der Waals surface area (Å²) >= 11 is 0. The molecule has 4 aliphatic carbocycles. The van der Waals surface area contributed by atoms with E-state index in [9.17, 15) is 5.11 Å². The molecule has 4 aliphatic rings. The van der Waals surface area contributed by atoms with E-state index in [1.807, 2.05) is 0 Å². The van der Waals surface area contributed by atoms with Crippen LogP contribution < -0.4 is 5.73 Å². The van der Waals surface area contributed by atoms with Gasteiger partial charge < -0.3 is 10.8 Å². The van der Waals surface area contributed by atoms with Crippen LogP contribution in [-0.2, 0) is 0 Å². The average Bonchev–Trinajstić information content (AvgIpc) is 3.04. The van der Waals surface area contributed by atoms with E-state index in [2.05, 4.69) is 41.2 Å². The molecule has 0 aliphatic heterocycles. The van der Waals surface area contributed by atoms with E-state index < -0.39 is 0 Å². The number of allylic oxidation sites excluding steroid dienone is 6. The molecule has 4 rings (SSSR count). The van der Waals surface area contributed by atoms with Crippen LogP contribution in [0.5, 0.6) is 0 Å². The Morgan fingerprint density at radius 2 is 1.86 bits per heavy atom. The lowest BCUT2D eigenvalue weighted by Crippen LogP contribution is -2.25. The van der Waals surface area contributed by atoms with Gasteiger partial charge in [0.25, 0.3) is 0 Å². The van der Waals surface area contributed by atoms with E-state index in [0.717, 1.165) is 6.42 Å². The summed E-state index contributed by atoms with van der Waals surface area (Å²) in [7, 11) is 0. The summed E-state index contributed by atoms with van der Waals surface area (Å²) in [6.45, 7) is 15.2. The SMILES string of the molecule is C=C(N)C1=C(C)C2=C3C1C(C)(C)C1=C(CC)[C@@H](O)C(=C2C)[C@@H]31. The molecule has 1 fully saturated rings.